The molecule has 0 radical (unpaired) electrons. The maximum absolute atomic E-state index is 14.5. The van der Waals surface area contributed by atoms with E-state index < -0.39 is 52.6 Å². The predicted molar refractivity (Wildman–Crippen MR) is 179 cm³/mol. The third kappa shape index (κ3) is 8.90. The number of Topliss-reactive ketones (excluding diaryl/α,β-unsaturated/α-hetero) is 1. The van der Waals surface area contributed by atoms with Crippen LogP contribution in [0.2, 0.25) is 0 Å². The molecule has 1 aromatic carbocycles. The summed E-state index contributed by atoms with van der Waals surface area (Å²) < 4.78 is 5.52. The third-order valence-corrected chi connectivity index (χ3v) is 8.59. The van der Waals surface area contributed by atoms with Gasteiger partial charge < -0.3 is 30.4 Å². The number of benzene rings is 1. The Morgan fingerprint density at radius 2 is 1.68 bits per heavy atom. The molecule has 12 heteroatoms. The summed E-state index contributed by atoms with van der Waals surface area (Å²) in [6.45, 7) is 17.2. The van der Waals surface area contributed by atoms with Crippen molar-refractivity contribution in [3.63, 3.8) is 0 Å². The van der Waals surface area contributed by atoms with E-state index in [9.17, 15) is 24.0 Å². The maximum Gasteiger partial charge on any atom is 0.289 e. The number of carbonyl (C=O) groups is 5. The second kappa shape index (κ2) is 14.4. The van der Waals surface area contributed by atoms with E-state index in [2.05, 4.69) is 21.1 Å². The van der Waals surface area contributed by atoms with E-state index in [0.717, 1.165) is 22.4 Å². The van der Waals surface area contributed by atoms with Crippen molar-refractivity contribution < 1.29 is 33.5 Å². The molecule has 0 unspecified atom stereocenters. The average Bonchev–Trinajstić information content (AvgIpc) is 3.56. The molecule has 0 saturated carbocycles. The first-order valence-corrected chi connectivity index (χ1v) is 16.3. The van der Waals surface area contributed by atoms with Crippen LogP contribution in [0, 0.1) is 24.7 Å². The van der Waals surface area contributed by atoms with E-state index in [0.29, 0.717) is 18.6 Å². The average molecular weight is 656 g/mol. The highest BCUT2D eigenvalue weighted by atomic mass is 16.7. The number of likely N-dealkylation sites (tertiary alicyclic amines) is 1. The van der Waals surface area contributed by atoms with Gasteiger partial charge in [-0.05, 0) is 54.4 Å². The largest absolute Gasteiger partial charge is 0.496 e. The molecule has 1 saturated heterocycles. The molecular weight excluding hydrogens is 602 g/mol. The molecule has 3 N–H and O–H groups in total. The number of hydrogen-bond donors (Lipinski definition) is 3. The van der Waals surface area contributed by atoms with Crippen LogP contribution in [0.5, 0.6) is 5.75 Å². The maximum atomic E-state index is 14.5. The lowest BCUT2D eigenvalue weighted by atomic mass is 9.84. The number of nitrogens with zero attached hydrogens (tertiary/aromatic N) is 2. The second-order valence-corrected chi connectivity index (χ2v) is 15.2. The number of oxime groups is 1. The summed E-state index contributed by atoms with van der Waals surface area (Å²) in [6, 6.07) is 0.880. The quantitative estimate of drug-likeness (QED) is 0.309. The number of rotatable bonds is 11. The summed E-state index contributed by atoms with van der Waals surface area (Å²) in [5.41, 5.74) is 1.39. The molecule has 1 spiro atoms. The van der Waals surface area contributed by atoms with E-state index in [1.807, 2.05) is 74.4 Å². The molecule has 47 heavy (non-hydrogen) atoms. The Labute approximate surface area is 278 Å². The van der Waals surface area contributed by atoms with Crippen LogP contribution >= 0.6 is 0 Å². The first kappa shape index (κ1) is 37.5. The van der Waals surface area contributed by atoms with Crippen LogP contribution in [0.25, 0.3) is 0 Å². The Hall–Kier alpha value is -3.96. The van der Waals surface area contributed by atoms with Crippen LogP contribution in [-0.4, -0.2) is 84.5 Å². The van der Waals surface area contributed by atoms with Gasteiger partial charge in [0.1, 0.15) is 17.8 Å². The number of likely N-dealkylation sites (N-methyl/N-ethyl adjacent to an activating group) is 1. The van der Waals surface area contributed by atoms with Gasteiger partial charge in [-0.3, -0.25) is 24.0 Å². The van der Waals surface area contributed by atoms with Crippen molar-refractivity contribution in [2.45, 2.75) is 118 Å². The number of ketones is 1. The molecular formula is C35H53N5O7. The molecule has 2 aliphatic rings. The third-order valence-electron chi connectivity index (χ3n) is 8.59. The van der Waals surface area contributed by atoms with Gasteiger partial charge in [0.15, 0.2) is 5.60 Å². The van der Waals surface area contributed by atoms with Gasteiger partial charge in [0.2, 0.25) is 23.5 Å². The Kier molecular flexibility index (Phi) is 11.5. The fraction of sp³-hybridized carbons (Fsp3) is 0.657. The monoisotopic (exact) mass is 655 g/mol. The van der Waals surface area contributed by atoms with Crippen LogP contribution in [-0.2, 0) is 28.8 Å². The highest BCUT2D eigenvalue weighted by molar-refractivity contribution is 6.38. The van der Waals surface area contributed by atoms with Gasteiger partial charge in [0.25, 0.3) is 5.91 Å². The summed E-state index contributed by atoms with van der Waals surface area (Å²) in [6.07, 6.45) is 1.43. The molecule has 0 aromatic heterocycles. The fourth-order valence-electron chi connectivity index (χ4n) is 6.34. The van der Waals surface area contributed by atoms with E-state index >= 15 is 0 Å². The standard InChI is InChI=1S/C35H53N5O7/c1-12-13-23(27(42)31(44)36-10)37-30(43)25-17-35(16-24(39-47-35)22-14-20(2)28(46-11)21(3)15-22)19-40(25)32(45)29(34(7,8)9)38-26(41)18-33(4,5)6/h14-15,23,25,29H,12-13,16-19H2,1-11H3,(H,36,44)(H,37,43)(H,38,41)/t23-,25-,29+,35+/m0/s1. The van der Waals surface area contributed by atoms with Crippen molar-refractivity contribution in [1.82, 2.24) is 20.9 Å². The van der Waals surface area contributed by atoms with Crippen LogP contribution < -0.4 is 20.7 Å². The SMILES string of the molecule is CCC[C@H](NC(=O)[C@@H]1C[C@]2(CC(c3cc(C)c(OC)c(C)c3)=NO2)CN1C(=O)[C@@H](NC(=O)CC(C)(C)C)C(C)(C)C)C(=O)C(=O)NC. The number of methoxy groups -OCH3 is 1. The van der Waals surface area contributed by atoms with Gasteiger partial charge in [-0.1, -0.05) is 60.0 Å². The first-order chi connectivity index (χ1) is 21.8. The molecule has 2 heterocycles. The van der Waals surface area contributed by atoms with E-state index in [-0.39, 0.29) is 37.1 Å². The van der Waals surface area contributed by atoms with Gasteiger partial charge >= 0.3 is 0 Å². The van der Waals surface area contributed by atoms with Crippen LogP contribution in [0.15, 0.2) is 17.3 Å². The zero-order valence-corrected chi connectivity index (χ0v) is 29.9. The topological polar surface area (TPSA) is 156 Å². The number of hydrogen-bond acceptors (Lipinski definition) is 8. The molecule has 4 amide bonds. The lowest BCUT2D eigenvalue weighted by molar-refractivity contribution is -0.145. The molecule has 1 fully saturated rings. The molecule has 0 aliphatic carbocycles. The van der Waals surface area contributed by atoms with E-state index in [4.69, 9.17) is 9.57 Å². The molecule has 260 valence electrons. The summed E-state index contributed by atoms with van der Waals surface area (Å²) in [5.74, 6) is -2.07. The normalized spacial score (nSPS) is 20.6. The van der Waals surface area contributed by atoms with Crippen LogP contribution in [0.4, 0.5) is 0 Å². The van der Waals surface area contributed by atoms with Crippen molar-refractivity contribution in [2.24, 2.45) is 16.0 Å². The zero-order valence-electron chi connectivity index (χ0n) is 29.9. The van der Waals surface area contributed by atoms with Gasteiger partial charge in [-0.15, -0.1) is 0 Å². The fourth-order valence-corrected chi connectivity index (χ4v) is 6.34. The van der Waals surface area contributed by atoms with Gasteiger partial charge in [-0.25, -0.2) is 0 Å². The van der Waals surface area contributed by atoms with E-state index in [1.165, 1.54) is 11.9 Å². The van der Waals surface area contributed by atoms with Crippen molar-refractivity contribution in [2.75, 3.05) is 20.7 Å². The molecule has 1 aromatic rings. The predicted octanol–water partition coefficient (Wildman–Crippen LogP) is 3.34. The van der Waals surface area contributed by atoms with Crippen molar-refractivity contribution >= 4 is 35.1 Å². The number of aryl methyl sites for hydroxylation is 2. The zero-order chi connectivity index (χ0) is 35.5. The Morgan fingerprint density at radius 1 is 1.06 bits per heavy atom. The van der Waals surface area contributed by atoms with Crippen LogP contribution in [0.1, 0.15) is 97.3 Å². The van der Waals surface area contributed by atoms with Gasteiger partial charge in [-0.2, -0.15) is 0 Å². The molecule has 2 aliphatic heterocycles. The van der Waals surface area contributed by atoms with Crippen molar-refractivity contribution in [1.29, 1.82) is 0 Å². The lowest BCUT2D eigenvalue weighted by Crippen LogP contribution is -2.59. The highest BCUT2D eigenvalue weighted by Gasteiger charge is 2.55. The first-order valence-electron chi connectivity index (χ1n) is 16.3. The minimum Gasteiger partial charge on any atom is -0.496 e. The van der Waals surface area contributed by atoms with Gasteiger partial charge in [0, 0.05) is 31.9 Å². The summed E-state index contributed by atoms with van der Waals surface area (Å²) in [4.78, 5) is 74.2. The van der Waals surface area contributed by atoms with Gasteiger partial charge in [0.05, 0.1) is 25.4 Å². The van der Waals surface area contributed by atoms with Crippen molar-refractivity contribution in [3.8, 4) is 5.75 Å². The Balaban J connectivity index is 1.99. The summed E-state index contributed by atoms with van der Waals surface area (Å²) >= 11 is 0. The molecule has 3 rings (SSSR count). The number of ether oxygens (including phenoxy) is 1. The number of amides is 4. The Bertz CT molecular complexity index is 1400. The lowest BCUT2D eigenvalue weighted by Gasteiger charge is -2.36. The van der Waals surface area contributed by atoms with E-state index in [1.54, 1.807) is 7.11 Å². The minimum atomic E-state index is -1.06. The highest BCUT2D eigenvalue weighted by Crippen LogP contribution is 2.41. The molecule has 12 nitrogen and oxygen atoms in total. The summed E-state index contributed by atoms with van der Waals surface area (Å²) in [5, 5.41) is 12.4. The van der Waals surface area contributed by atoms with Crippen molar-refractivity contribution in [3.05, 3.63) is 28.8 Å². The molecule has 0 bridgehead atoms. The second-order valence-electron chi connectivity index (χ2n) is 15.2. The number of nitrogens with one attached hydrogen (secondary N) is 3. The summed E-state index contributed by atoms with van der Waals surface area (Å²) in [7, 11) is 2.98. The Morgan fingerprint density at radius 3 is 2.19 bits per heavy atom. The number of carbonyl (C=O) groups excluding carboxylic acids is 5. The smallest absolute Gasteiger partial charge is 0.289 e. The molecule has 4 atom stereocenters. The van der Waals surface area contributed by atoms with Crippen LogP contribution in [0.3, 0.4) is 0 Å². The minimum absolute atomic E-state index is 0.0363.